The second-order valence-corrected chi connectivity index (χ2v) is 4.77. The zero-order chi connectivity index (χ0) is 14.0. The summed E-state index contributed by atoms with van der Waals surface area (Å²) in [6.45, 7) is 1.09. The molecule has 7 heteroatoms. The Morgan fingerprint density at radius 1 is 1.53 bits per heavy atom. The van der Waals surface area contributed by atoms with E-state index in [0.29, 0.717) is 24.5 Å². The van der Waals surface area contributed by atoms with Gasteiger partial charge in [0.1, 0.15) is 11.4 Å². The van der Waals surface area contributed by atoms with E-state index < -0.39 is 0 Å². The number of nitrogens with zero attached hydrogens (tertiary/aromatic N) is 3. The van der Waals surface area contributed by atoms with Gasteiger partial charge in [-0.2, -0.15) is 5.10 Å². The molecule has 1 aromatic heterocycles. The minimum atomic E-state index is -0.154. The molecule has 3 N–H and O–H groups in total. The van der Waals surface area contributed by atoms with Crippen LogP contribution in [0, 0.1) is 5.92 Å². The summed E-state index contributed by atoms with van der Waals surface area (Å²) >= 11 is 0. The summed E-state index contributed by atoms with van der Waals surface area (Å²) in [5.74, 6) is 0.0449. The molecule has 104 valence electrons. The van der Waals surface area contributed by atoms with E-state index in [4.69, 9.17) is 5.73 Å². The molecule has 19 heavy (non-hydrogen) atoms. The Morgan fingerprint density at radius 3 is 2.84 bits per heavy atom. The quantitative estimate of drug-likeness (QED) is 0.761. The molecule has 1 saturated heterocycles. The highest BCUT2D eigenvalue weighted by Crippen LogP contribution is 2.20. The van der Waals surface area contributed by atoms with Crippen LogP contribution in [0.25, 0.3) is 0 Å². The van der Waals surface area contributed by atoms with Gasteiger partial charge >= 0.3 is 0 Å². The summed E-state index contributed by atoms with van der Waals surface area (Å²) in [6, 6.07) is 0. The van der Waals surface area contributed by atoms with Gasteiger partial charge in [0.25, 0.3) is 5.91 Å². The number of carbonyl (C=O) groups excluding carboxylic acids is 2. The fourth-order valence-corrected chi connectivity index (χ4v) is 2.36. The summed E-state index contributed by atoms with van der Waals surface area (Å²) in [7, 11) is 3.30. The van der Waals surface area contributed by atoms with Crippen LogP contribution in [0.5, 0.6) is 0 Å². The molecule has 0 aromatic carbocycles. The van der Waals surface area contributed by atoms with E-state index in [1.54, 1.807) is 19.0 Å². The minimum Gasteiger partial charge on any atom is -0.383 e. The lowest BCUT2D eigenvalue weighted by Crippen LogP contribution is -2.44. The van der Waals surface area contributed by atoms with E-state index in [1.807, 2.05) is 0 Å². The molecule has 2 amide bonds. The highest BCUT2D eigenvalue weighted by molar-refractivity contribution is 5.98. The molecular weight excluding hydrogens is 246 g/mol. The molecule has 1 fully saturated rings. The predicted octanol–water partition coefficient (Wildman–Crippen LogP) is -0.399. The smallest absolute Gasteiger partial charge is 0.259 e. The van der Waals surface area contributed by atoms with Crippen molar-refractivity contribution in [2.45, 2.75) is 12.8 Å². The molecule has 0 aliphatic carbocycles. The average Bonchev–Trinajstić information content (AvgIpc) is 2.77. The first kappa shape index (κ1) is 13.4. The first-order chi connectivity index (χ1) is 9.04. The molecule has 0 saturated carbocycles. The lowest BCUT2D eigenvalue weighted by molar-refractivity contribution is -0.125. The number of carbonyl (C=O) groups is 2. The van der Waals surface area contributed by atoms with E-state index in [2.05, 4.69) is 10.4 Å². The summed E-state index contributed by atoms with van der Waals surface area (Å²) < 4.78 is 1.47. The predicted molar refractivity (Wildman–Crippen MR) is 70.3 cm³/mol. The third-order valence-corrected chi connectivity index (χ3v) is 3.54. The first-order valence-corrected chi connectivity index (χ1v) is 6.33. The van der Waals surface area contributed by atoms with E-state index in [1.165, 1.54) is 10.9 Å². The molecule has 0 spiro atoms. The molecule has 2 rings (SSSR count). The Bertz CT molecular complexity index is 496. The average molecular weight is 265 g/mol. The van der Waals surface area contributed by atoms with Crippen molar-refractivity contribution in [3.05, 3.63) is 11.8 Å². The van der Waals surface area contributed by atoms with Crippen molar-refractivity contribution in [2.75, 3.05) is 25.9 Å². The van der Waals surface area contributed by atoms with Gasteiger partial charge in [-0.25, -0.2) is 0 Å². The van der Waals surface area contributed by atoms with E-state index in [-0.39, 0.29) is 17.7 Å². The third kappa shape index (κ3) is 2.54. The zero-order valence-corrected chi connectivity index (χ0v) is 11.2. The van der Waals surface area contributed by atoms with Crippen molar-refractivity contribution in [3.8, 4) is 0 Å². The molecule has 7 nitrogen and oxygen atoms in total. The van der Waals surface area contributed by atoms with Crippen LogP contribution >= 0.6 is 0 Å². The van der Waals surface area contributed by atoms with Gasteiger partial charge < -0.3 is 16.0 Å². The number of hydrogen-bond donors (Lipinski definition) is 2. The molecule has 1 aliphatic rings. The van der Waals surface area contributed by atoms with Crippen molar-refractivity contribution in [2.24, 2.45) is 13.0 Å². The lowest BCUT2D eigenvalue weighted by atomic mass is 9.97. The number of anilines is 1. The second kappa shape index (κ2) is 5.29. The monoisotopic (exact) mass is 265 g/mol. The van der Waals surface area contributed by atoms with Crippen LogP contribution in [-0.4, -0.2) is 46.6 Å². The number of nitrogens with one attached hydrogen (secondary N) is 1. The maximum atomic E-state index is 12.4. The maximum absolute atomic E-state index is 12.4. The van der Waals surface area contributed by atoms with Crippen LogP contribution in [0.3, 0.4) is 0 Å². The number of hydrogen-bond acceptors (Lipinski definition) is 4. The van der Waals surface area contributed by atoms with Crippen LogP contribution in [0.4, 0.5) is 5.82 Å². The van der Waals surface area contributed by atoms with Crippen molar-refractivity contribution in [3.63, 3.8) is 0 Å². The minimum absolute atomic E-state index is 0.0170. The van der Waals surface area contributed by atoms with Crippen molar-refractivity contribution in [1.29, 1.82) is 0 Å². The molecule has 0 bridgehead atoms. The van der Waals surface area contributed by atoms with Crippen LogP contribution < -0.4 is 11.1 Å². The SMILES string of the molecule is CNC(=O)C1CCCN(C(=O)c2cnn(C)c2N)C1. The fourth-order valence-electron chi connectivity index (χ4n) is 2.36. The Hall–Kier alpha value is -2.05. The summed E-state index contributed by atoms with van der Waals surface area (Å²) in [5.41, 5.74) is 6.21. The Morgan fingerprint density at radius 2 is 2.26 bits per heavy atom. The number of piperidine rings is 1. The number of likely N-dealkylation sites (tertiary alicyclic amines) is 1. The highest BCUT2D eigenvalue weighted by Gasteiger charge is 2.29. The molecule has 1 unspecified atom stereocenters. The summed E-state index contributed by atoms with van der Waals surface area (Å²) in [4.78, 5) is 25.7. The Labute approximate surface area is 111 Å². The van der Waals surface area contributed by atoms with Crippen LogP contribution in [-0.2, 0) is 11.8 Å². The van der Waals surface area contributed by atoms with Gasteiger partial charge in [0.15, 0.2) is 0 Å². The van der Waals surface area contributed by atoms with Gasteiger partial charge in [-0.05, 0) is 12.8 Å². The topological polar surface area (TPSA) is 93.2 Å². The third-order valence-electron chi connectivity index (χ3n) is 3.54. The highest BCUT2D eigenvalue weighted by atomic mass is 16.2. The molecule has 1 atom stereocenters. The van der Waals surface area contributed by atoms with Crippen molar-refractivity contribution in [1.82, 2.24) is 20.0 Å². The normalized spacial score (nSPS) is 19.3. The van der Waals surface area contributed by atoms with E-state index in [0.717, 1.165) is 12.8 Å². The number of aryl methyl sites for hydroxylation is 1. The summed E-state index contributed by atoms with van der Waals surface area (Å²) in [6.07, 6.45) is 3.11. The molecule has 1 aliphatic heterocycles. The Kier molecular flexibility index (Phi) is 3.73. The van der Waals surface area contributed by atoms with Crippen LogP contribution in [0.2, 0.25) is 0 Å². The second-order valence-electron chi connectivity index (χ2n) is 4.77. The number of amides is 2. The fraction of sp³-hybridized carbons (Fsp3) is 0.583. The summed E-state index contributed by atoms with van der Waals surface area (Å²) in [5, 5.41) is 6.60. The molecule has 0 radical (unpaired) electrons. The largest absolute Gasteiger partial charge is 0.383 e. The van der Waals surface area contributed by atoms with Crippen molar-refractivity contribution < 1.29 is 9.59 Å². The molecule has 2 heterocycles. The van der Waals surface area contributed by atoms with E-state index >= 15 is 0 Å². The Balaban J connectivity index is 2.11. The molecule has 1 aromatic rings. The van der Waals surface area contributed by atoms with Crippen molar-refractivity contribution >= 4 is 17.6 Å². The van der Waals surface area contributed by atoms with Gasteiger partial charge in [0, 0.05) is 27.2 Å². The standard InChI is InChI=1S/C12H19N5O2/c1-14-11(18)8-4-3-5-17(7-8)12(19)9-6-15-16(2)10(9)13/h6,8H,3-5,7,13H2,1-2H3,(H,14,18). The first-order valence-electron chi connectivity index (χ1n) is 6.33. The van der Waals surface area contributed by atoms with Gasteiger partial charge in [-0.15, -0.1) is 0 Å². The maximum Gasteiger partial charge on any atom is 0.259 e. The zero-order valence-electron chi connectivity index (χ0n) is 11.2. The number of rotatable bonds is 2. The lowest BCUT2D eigenvalue weighted by Gasteiger charge is -2.31. The van der Waals surface area contributed by atoms with E-state index in [9.17, 15) is 9.59 Å². The van der Waals surface area contributed by atoms with Gasteiger partial charge in [-0.3, -0.25) is 14.3 Å². The van der Waals surface area contributed by atoms with Crippen LogP contribution in [0.1, 0.15) is 23.2 Å². The van der Waals surface area contributed by atoms with Gasteiger partial charge in [0.2, 0.25) is 5.91 Å². The number of nitrogens with two attached hydrogens (primary N) is 1. The number of aromatic nitrogens is 2. The molecular formula is C12H19N5O2. The van der Waals surface area contributed by atoms with Gasteiger partial charge in [0.05, 0.1) is 12.1 Å². The van der Waals surface area contributed by atoms with Crippen LogP contribution in [0.15, 0.2) is 6.20 Å². The number of nitrogen functional groups attached to an aromatic ring is 1. The van der Waals surface area contributed by atoms with Gasteiger partial charge in [-0.1, -0.05) is 0 Å².